The molecule has 1 aromatic heterocycles. The first-order valence-corrected chi connectivity index (χ1v) is 10.1. The third-order valence-corrected chi connectivity index (χ3v) is 6.32. The summed E-state index contributed by atoms with van der Waals surface area (Å²) in [6, 6.07) is 5.55. The summed E-state index contributed by atoms with van der Waals surface area (Å²) in [4.78, 5) is 32.1. The minimum Gasteiger partial charge on any atom is -0.315 e. The van der Waals surface area contributed by atoms with Crippen LogP contribution in [-0.2, 0) is 24.1 Å². The van der Waals surface area contributed by atoms with Crippen molar-refractivity contribution in [1.29, 1.82) is 0 Å². The maximum Gasteiger partial charge on any atom is 0.257 e. The summed E-state index contributed by atoms with van der Waals surface area (Å²) in [5, 5.41) is 3.67. The molecule has 2 heterocycles. The summed E-state index contributed by atoms with van der Waals surface area (Å²) in [6.07, 6.45) is 8.21. The number of nitrogens with one attached hydrogen (secondary N) is 1. The molecular weight excluding hydrogens is 346 g/mol. The molecule has 0 fully saturated rings. The van der Waals surface area contributed by atoms with E-state index in [1.807, 2.05) is 12.1 Å². The molecule has 6 heteroatoms. The van der Waals surface area contributed by atoms with E-state index in [-0.39, 0.29) is 11.8 Å². The van der Waals surface area contributed by atoms with E-state index >= 15 is 0 Å². The largest absolute Gasteiger partial charge is 0.315 e. The van der Waals surface area contributed by atoms with Crippen LogP contribution in [0.1, 0.15) is 58.6 Å². The van der Waals surface area contributed by atoms with Gasteiger partial charge in [0.1, 0.15) is 0 Å². The average molecular weight is 369 g/mol. The first-order chi connectivity index (χ1) is 12.6. The summed E-state index contributed by atoms with van der Waals surface area (Å²) >= 11 is 1.61. The standard InChI is InChI=1S/C20H23N3O2S/c1-23-16-10-8-14(12-13(16)9-11-18(23)24)19(25)22-20-21-15-6-4-2-3-5-7-17(15)26-20/h8,10,12H,2-7,9,11H2,1H3,(H,21,22,25). The van der Waals surface area contributed by atoms with Gasteiger partial charge < -0.3 is 4.90 Å². The summed E-state index contributed by atoms with van der Waals surface area (Å²) < 4.78 is 0. The number of anilines is 2. The Bertz CT molecular complexity index is 833. The number of hydrogen-bond donors (Lipinski definition) is 1. The van der Waals surface area contributed by atoms with Gasteiger partial charge in [0.2, 0.25) is 5.91 Å². The molecule has 0 bridgehead atoms. The quantitative estimate of drug-likeness (QED) is 0.871. The van der Waals surface area contributed by atoms with E-state index in [1.54, 1.807) is 29.4 Å². The highest BCUT2D eigenvalue weighted by Gasteiger charge is 2.22. The van der Waals surface area contributed by atoms with Crippen molar-refractivity contribution in [1.82, 2.24) is 4.98 Å². The Morgan fingerprint density at radius 3 is 2.77 bits per heavy atom. The van der Waals surface area contributed by atoms with Crippen LogP contribution in [0.2, 0.25) is 0 Å². The lowest BCUT2D eigenvalue weighted by molar-refractivity contribution is -0.118. The Morgan fingerprint density at radius 2 is 1.92 bits per heavy atom. The highest BCUT2D eigenvalue weighted by Crippen LogP contribution is 2.30. The number of amides is 2. The Balaban J connectivity index is 1.52. The van der Waals surface area contributed by atoms with Crippen LogP contribution < -0.4 is 10.2 Å². The third-order valence-electron chi connectivity index (χ3n) is 5.25. The molecule has 1 N–H and O–H groups in total. The normalized spacial score (nSPS) is 17.1. The molecule has 0 saturated heterocycles. The highest BCUT2D eigenvalue weighted by atomic mass is 32.1. The first kappa shape index (κ1) is 17.2. The molecule has 1 aromatic carbocycles. The van der Waals surface area contributed by atoms with Gasteiger partial charge in [-0.3, -0.25) is 14.9 Å². The zero-order chi connectivity index (χ0) is 18.1. The van der Waals surface area contributed by atoms with Crippen molar-refractivity contribution in [2.45, 2.75) is 51.4 Å². The van der Waals surface area contributed by atoms with Crippen LogP contribution in [0.3, 0.4) is 0 Å². The molecule has 0 radical (unpaired) electrons. The van der Waals surface area contributed by atoms with Crippen molar-refractivity contribution >= 4 is 34.0 Å². The maximum absolute atomic E-state index is 12.7. The maximum atomic E-state index is 12.7. The zero-order valence-corrected chi connectivity index (χ0v) is 15.8. The van der Waals surface area contributed by atoms with Crippen molar-refractivity contribution in [3.05, 3.63) is 39.9 Å². The van der Waals surface area contributed by atoms with Crippen molar-refractivity contribution in [3.63, 3.8) is 0 Å². The Hall–Kier alpha value is -2.21. The lowest BCUT2D eigenvalue weighted by Crippen LogP contribution is -2.31. The molecule has 136 valence electrons. The molecule has 2 aromatic rings. The fourth-order valence-corrected chi connectivity index (χ4v) is 4.77. The molecule has 26 heavy (non-hydrogen) atoms. The molecule has 2 amide bonds. The summed E-state index contributed by atoms with van der Waals surface area (Å²) in [7, 11) is 1.78. The number of thiazole rings is 1. The van der Waals surface area contributed by atoms with Gasteiger partial charge in [0, 0.05) is 29.6 Å². The number of aromatic nitrogens is 1. The zero-order valence-electron chi connectivity index (χ0n) is 15.0. The van der Waals surface area contributed by atoms with Crippen molar-refractivity contribution < 1.29 is 9.59 Å². The second-order valence-electron chi connectivity index (χ2n) is 7.05. The number of nitrogens with zero attached hydrogens (tertiary/aromatic N) is 2. The van der Waals surface area contributed by atoms with Gasteiger partial charge in [-0.05, 0) is 55.9 Å². The molecule has 4 rings (SSSR count). The van der Waals surface area contributed by atoms with E-state index in [9.17, 15) is 9.59 Å². The Kier molecular flexibility index (Phi) is 4.76. The lowest BCUT2D eigenvalue weighted by Gasteiger charge is -2.25. The number of aryl methyl sites for hydroxylation is 3. The van der Waals surface area contributed by atoms with E-state index in [0.717, 1.165) is 29.8 Å². The van der Waals surface area contributed by atoms with E-state index in [1.165, 1.54) is 30.6 Å². The predicted octanol–water partition coefficient (Wildman–Crippen LogP) is 3.96. The van der Waals surface area contributed by atoms with E-state index in [4.69, 9.17) is 0 Å². The van der Waals surface area contributed by atoms with Gasteiger partial charge in [0.15, 0.2) is 5.13 Å². The molecule has 1 aliphatic heterocycles. The first-order valence-electron chi connectivity index (χ1n) is 9.31. The minimum absolute atomic E-state index is 0.120. The van der Waals surface area contributed by atoms with Crippen LogP contribution in [0, 0.1) is 0 Å². The van der Waals surface area contributed by atoms with Gasteiger partial charge in [-0.25, -0.2) is 4.98 Å². The van der Waals surface area contributed by atoms with Gasteiger partial charge in [-0.15, -0.1) is 11.3 Å². The van der Waals surface area contributed by atoms with Crippen molar-refractivity contribution in [3.8, 4) is 0 Å². The summed E-state index contributed by atoms with van der Waals surface area (Å²) in [6.45, 7) is 0. The molecule has 5 nitrogen and oxygen atoms in total. The molecule has 0 atom stereocenters. The second-order valence-corrected chi connectivity index (χ2v) is 8.14. The number of carbonyl (C=O) groups is 2. The molecule has 0 saturated carbocycles. The van der Waals surface area contributed by atoms with Gasteiger partial charge >= 0.3 is 0 Å². The fraction of sp³-hybridized carbons (Fsp3) is 0.450. The number of benzene rings is 1. The minimum atomic E-state index is -0.130. The number of fused-ring (bicyclic) bond motifs is 2. The van der Waals surface area contributed by atoms with Crippen molar-refractivity contribution in [2.24, 2.45) is 0 Å². The van der Waals surface area contributed by atoms with Gasteiger partial charge in [0.25, 0.3) is 5.91 Å². The molecule has 2 aliphatic rings. The average Bonchev–Trinajstić information content (AvgIpc) is 2.98. The molecule has 0 spiro atoms. The van der Waals surface area contributed by atoms with Crippen LogP contribution >= 0.6 is 11.3 Å². The van der Waals surface area contributed by atoms with Gasteiger partial charge in [-0.1, -0.05) is 12.8 Å². The van der Waals surface area contributed by atoms with Crippen LogP contribution in [0.25, 0.3) is 0 Å². The lowest BCUT2D eigenvalue weighted by atomic mass is 9.99. The molecule has 0 unspecified atom stereocenters. The van der Waals surface area contributed by atoms with Crippen LogP contribution in [0.15, 0.2) is 18.2 Å². The van der Waals surface area contributed by atoms with Crippen molar-refractivity contribution in [2.75, 3.05) is 17.3 Å². The summed E-state index contributed by atoms with van der Waals surface area (Å²) in [5.74, 6) is -0.0102. The molecule has 1 aliphatic carbocycles. The van der Waals surface area contributed by atoms with Crippen LogP contribution in [-0.4, -0.2) is 23.8 Å². The Labute approximate surface area is 157 Å². The van der Waals surface area contributed by atoms with Gasteiger partial charge in [-0.2, -0.15) is 0 Å². The number of hydrogen-bond acceptors (Lipinski definition) is 4. The summed E-state index contributed by atoms with van der Waals surface area (Å²) in [5.41, 5.74) is 3.73. The number of carbonyl (C=O) groups excluding carboxylic acids is 2. The van der Waals surface area contributed by atoms with Gasteiger partial charge in [0.05, 0.1) is 5.69 Å². The van der Waals surface area contributed by atoms with Crippen LogP contribution in [0.4, 0.5) is 10.8 Å². The van der Waals surface area contributed by atoms with E-state index in [2.05, 4.69) is 10.3 Å². The topological polar surface area (TPSA) is 62.3 Å². The predicted molar refractivity (Wildman–Crippen MR) is 104 cm³/mol. The highest BCUT2D eigenvalue weighted by molar-refractivity contribution is 7.15. The third kappa shape index (κ3) is 3.38. The second kappa shape index (κ2) is 7.19. The van der Waals surface area contributed by atoms with Crippen LogP contribution in [0.5, 0.6) is 0 Å². The monoisotopic (exact) mass is 369 g/mol. The Morgan fingerprint density at radius 1 is 1.12 bits per heavy atom. The van der Waals surface area contributed by atoms with E-state index in [0.29, 0.717) is 23.5 Å². The molecular formula is C20H23N3O2S. The SMILES string of the molecule is CN1C(=O)CCc2cc(C(=O)Nc3nc4c(s3)CCCCCC4)ccc21. The number of rotatable bonds is 2. The van der Waals surface area contributed by atoms with E-state index < -0.39 is 0 Å². The fourth-order valence-electron chi connectivity index (χ4n) is 3.73. The smallest absolute Gasteiger partial charge is 0.257 e.